The van der Waals surface area contributed by atoms with Crippen LogP contribution >= 0.6 is 0 Å². The van der Waals surface area contributed by atoms with Gasteiger partial charge in [-0.15, -0.1) is 0 Å². The SMILES string of the molecule is CC(C)CNC(=O)CN1CC(C(C)C(=O)O)C1. The van der Waals surface area contributed by atoms with Gasteiger partial charge in [0.1, 0.15) is 0 Å². The summed E-state index contributed by atoms with van der Waals surface area (Å²) in [6.45, 7) is 8.33. The van der Waals surface area contributed by atoms with E-state index in [1.54, 1.807) is 6.92 Å². The maximum atomic E-state index is 11.5. The fraction of sp³-hybridized carbons (Fsp3) is 0.833. The van der Waals surface area contributed by atoms with Crippen molar-refractivity contribution >= 4 is 11.9 Å². The van der Waals surface area contributed by atoms with Crippen LogP contribution in [0.5, 0.6) is 0 Å². The zero-order valence-electron chi connectivity index (χ0n) is 10.8. The predicted molar refractivity (Wildman–Crippen MR) is 64.6 cm³/mol. The highest BCUT2D eigenvalue weighted by Gasteiger charge is 2.35. The second-order valence-corrected chi connectivity index (χ2v) is 5.28. The molecule has 1 rings (SSSR count). The Balaban J connectivity index is 2.16. The Bertz CT molecular complexity index is 285. The molecule has 0 radical (unpaired) electrons. The van der Waals surface area contributed by atoms with Gasteiger partial charge in [-0.3, -0.25) is 14.5 Å². The average molecular weight is 242 g/mol. The van der Waals surface area contributed by atoms with Gasteiger partial charge < -0.3 is 10.4 Å². The van der Waals surface area contributed by atoms with Gasteiger partial charge in [-0.2, -0.15) is 0 Å². The second-order valence-electron chi connectivity index (χ2n) is 5.28. The summed E-state index contributed by atoms with van der Waals surface area (Å²) in [4.78, 5) is 24.2. The molecule has 1 amide bonds. The lowest BCUT2D eigenvalue weighted by Crippen LogP contribution is -2.54. The van der Waals surface area contributed by atoms with Crippen LogP contribution < -0.4 is 5.32 Å². The number of nitrogens with one attached hydrogen (secondary N) is 1. The Hall–Kier alpha value is -1.10. The fourth-order valence-corrected chi connectivity index (χ4v) is 1.83. The molecule has 1 heterocycles. The first-order chi connectivity index (χ1) is 7.90. The molecule has 98 valence electrons. The first kappa shape index (κ1) is 14.0. The largest absolute Gasteiger partial charge is 0.481 e. The molecule has 1 saturated heterocycles. The second kappa shape index (κ2) is 6.00. The van der Waals surface area contributed by atoms with Crippen LogP contribution in [0.4, 0.5) is 0 Å². The zero-order valence-corrected chi connectivity index (χ0v) is 10.8. The smallest absolute Gasteiger partial charge is 0.306 e. The first-order valence-corrected chi connectivity index (χ1v) is 6.12. The summed E-state index contributed by atoms with van der Waals surface area (Å²) < 4.78 is 0. The normalized spacial score (nSPS) is 18.8. The van der Waals surface area contributed by atoms with E-state index in [1.165, 1.54) is 0 Å². The van der Waals surface area contributed by atoms with E-state index in [1.807, 2.05) is 4.90 Å². The van der Waals surface area contributed by atoms with Crippen LogP contribution in [0.25, 0.3) is 0 Å². The van der Waals surface area contributed by atoms with Crippen LogP contribution in [0.1, 0.15) is 20.8 Å². The maximum absolute atomic E-state index is 11.5. The Morgan fingerprint density at radius 2 is 1.94 bits per heavy atom. The fourth-order valence-electron chi connectivity index (χ4n) is 1.83. The molecule has 0 spiro atoms. The lowest BCUT2D eigenvalue weighted by molar-refractivity contribution is -0.145. The van der Waals surface area contributed by atoms with Gasteiger partial charge in [-0.05, 0) is 11.8 Å². The van der Waals surface area contributed by atoms with Gasteiger partial charge in [0, 0.05) is 19.6 Å². The van der Waals surface area contributed by atoms with Crippen molar-refractivity contribution in [3.8, 4) is 0 Å². The third-order valence-corrected chi connectivity index (χ3v) is 3.16. The molecule has 5 heteroatoms. The zero-order chi connectivity index (χ0) is 13.0. The number of amides is 1. The van der Waals surface area contributed by atoms with Gasteiger partial charge >= 0.3 is 5.97 Å². The molecule has 1 aliphatic rings. The number of carboxylic acid groups (broad SMARTS) is 1. The molecule has 0 saturated carbocycles. The van der Waals surface area contributed by atoms with Gasteiger partial charge in [0.2, 0.25) is 5.91 Å². The number of likely N-dealkylation sites (tertiary alicyclic amines) is 1. The number of carbonyl (C=O) groups is 2. The number of carboxylic acids is 1. The Labute approximate surface area is 102 Å². The van der Waals surface area contributed by atoms with Gasteiger partial charge in [-0.25, -0.2) is 0 Å². The molecule has 0 bridgehead atoms. The Kier molecular flexibility index (Phi) is 4.93. The van der Waals surface area contributed by atoms with Crippen molar-refractivity contribution in [2.75, 3.05) is 26.2 Å². The third kappa shape index (κ3) is 4.34. The van der Waals surface area contributed by atoms with Crippen molar-refractivity contribution < 1.29 is 14.7 Å². The quantitative estimate of drug-likeness (QED) is 0.708. The van der Waals surface area contributed by atoms with E-state index < -0.39 is 5.97 Å². The minimum Gasteiger partial charge on any atom is -0.481 e. The lowest BCUT2D eigenvalue weighted by atomic mass is 9.87. The molecule has 0 aromatic carbocycles. The van der Waals surface area contributed by atoms with E-state index in [9.17, 15) is 9.59 Å². The molecule has 1 aliphatic heterocycles. The van der Waals surface area contributed by atoms with E-state index >= 15 is 0 Å². The highest BCUT2D eigenvalue weighted by Crippen LogP contribution is 2.23. The van der Waals surface area contributed by atoms with Crippen molar-refractivity contribution in [2.24, 2.45) is 17.8 Å². The van der Waals surface area contributed by atoms with Crippen LogP contribution in [0, 0.1) is 17.8 Å². The van der Waals surface area contributed by atoms with Crippen LogP contribution in [-0.2, 0) is 9.59 Å². The summed E-state index contributed by atoms with van der Waals surface area (Å²) in [6.07, 6.45) is 0. The standard InChI is InChI=1S/C12H22N2O3/c1-8(2)4-13-11(15)7-14-5-10(6-14)9(3)12(16)17/h8-10H,4-7H2,1-3H3,(H,13,15)(H,16,17). The van der Waals surface area contributed by atoms with E-state index in [0.717, 1.165) is 0 Å². The molecule has 5 nitrogen and oxygen atoms in total. The van der Waals surface area contributed by atoms with Gasteiger partial charge in [0.15, 0.2) is 0 Å². The van der Waals surface area contributed by atoms with Gasteiger partial charge in [0.25, 0.3) is 0 Å². The monoisotopic (exact) mass is 242 g/mol. The van der Waals surface area contributed by atoms with Crippen LogP contribution in [0.15, 0.2) is 0 Å². The Morgan fingerprint density at radius 3 is 2.41 bits per heavy atom. The minimum atomic E-state index is -0.751. The molecule has 2 N–H and O–H groups in total. The number of carbonyl (C=O) groups excluding carboxylic acids is 1. The van der Waals surface area contributed by atoms with Gasteiger partial charge in [-0.1, -0.05) is 20.8 Å². The summed E-state index contributed by atoms with van der Waals surface area (Å²) in [6, 6.07) is 0. The summed E-state index contributed by atoms with van der Waals surface area (Å²) in [5.74, 6) is -0.399. The van der Waals surface area contributed by atoms with E-state index in [0.29, 0.717) is 32.1 Å². The number of rotatable bonds is 6. The molecular weight excluding hydrogens is 220 g/mol. The van der Waals surface area contributed by atoms with Crippen molar-refractivity contribution in [1.82, 2.24) is 10.2 Å². The van der Waals surface area contributed by atoms with Crippen molar-refractivity contribution in [3.63, 3.8) is 0 Å². The van der Waals surface area contributed by atoms with E-state index in [2.05, 4.69) is 19.2 Å². The molecule has 0 aromatic rings. The molecular formula is C12H22N2O3. The number of hydrogen-bond donors (Lipinski definition) is 2. The van der Waals surface area contributed by atoms with Crippen molar-refractivity contribution in [1.29, 1.82) is 0 Å². The molecule has 1 atom stereocenters. The number of nitrogens with zero attached hydrogens (tertiary/aromatic N) is 1. The summed E-state index contributed by atoms with van der Waals surface area (Å²) in [7, 11) is 0. The van der Waals surface area contributed by atoms with E-state index in [4.69, 9.17) is 5.11 Å². The number of hydrogen-bond acceptors (Lipinski definition) is 3. The van der Waals surface area contributed by atoms with Gasteiger partial charge in [0.05, 0.1) is 12.5 Å². The highest BCUT2D eigenvalue weighted by atomic mass is 16.4. The lowest BCUT2D eigenvalue weighted by Gasteiger charge is -2.40. The molecule has 1 unspecified atom stereocenters. The maximum Gasteiger partial charge on any atom is 0.306 e. The van der Waals surface area contributed by atoms with Crippen molar-refractivity contribution in [2.45, 2.75) is 20.8 Å². The minimum absolute atomic E-state index is 0.0279. The molecule has 0 aliphatic carbocycles. The van der Waals surface area contributed by atoms with Crippen LogP contribution in [0.3, 0.4) is 0 Å². The van der Waals surface area contributed by atoms with Crippen molar-refractivity contribution in [3.05, 3.63) is 0 Å². The highest BCUT2D eigenvalue weighted by molar-refractivity contribution is 5.78. The summed E-state index contributed by atoms with van der Waals surface area (Å²) in [5.41, 5.74) is 0. The average Bonchev–Trinajstić information content (AvgIpc) is 2.18. The molecule has 1 fully saturated rings. The summed E-state index contributed by atoms with van der Waals surface area (Å²) >= 11 is 0. The third-order valence-electron chi connectivity index (χ3n) is 3.16. The molecule has 17 heavy (non-hydrogen) atoms. The molecule has 0 aromatic heterocycles. The summed E-state index contributed by atoms with van der Waals surface area (Å²) in [5, 5.41) is 11.7. The topological polar surface area (TPSA) is 69.6 Å². The van der Waals surface area contributed by atoms with Crippen LogP contribution in [-0.4, -0.2) is 48.1 Å². The van der Waals surface area contributed by atoms with Crippen LogP contribution in [0.2, 0.25) is 0 Å². The first-order valence-electron chi connectivity index (χ1n) is 6.12. The number of aliphatic carboxylic acids is 1. The Morgan fingerprint density at radius 1 is 1.35 bits per heavy atom. The van der Waals surface area contributed by atoms with E-state index in [-0.39, 0.29) is 17.7 Å². The predicted octanol–water partition coefficient (Wildman–Crippen LogP) is 0.411.